The van der Waals surface area contributed by atoms with Crippen LogP contribution in [-0.4, -0.2) is 29.1 Å². The van der Waals surface area contributed by atoms with Crippen LogP contribution < -0.4 is 10.2 Å². The van der Waals surface area contributed by atoms with E-state index >= 15 is 0 Å². The first-order valence-corrected chi connectivity index (χ1v) is 7.58. The largest absolute Gasteiger partial charge is 0.370 e. The molecule has 2 aromatic heterocycles. The number of hydrogen-bond donors (Lipinski definition) is 1. The van der Waals surface area contributed by atoms with E-state index in [1.165, 1.54) is 0 Å². The third-order valence-corrected chi connectivity index (χ3v) is 3.21. The summed E-state index contributed by atoms with van der Waals surface area (Å²) in [4.78, 5) is 18.7. The molecule has 2 aromatic rings. The number of rotatable bonds is 7. The molecule has 1 amide bonds. The third kappa shape index (κ3) is 4.07. The Morgan fingerprint density at radius 2 is 1.95 bits per heavy atom. The lowest BCUT2D eigenvalue weighted by Crippen LogP contribution is -2.25. The van der Waals surface area contributed by atoms with E-state index in [4.69, 9.17) is 4.52 Å². The van der Waals surface area contributed by atoms with Crippen molar-refractivity contribution in [3.05, 3.63) is 35.9 Å². The second-order valence-electron chi connectivity index (χ2n) is 5.20. The Labute approximate surface area is 130 Å². The lowest BCUT2D eigenvalue weighted by atomic mass is 10.2. The maximum absolute atomic E-state index is 12.3. The molecular formula is C16H22N4O2. The van der Waals surface area contributed by atoms with Gasteiger partial charge in [0, 0.05) is 25.4 Å². The van der Waals surface area contributed by atoms with E-state index in [1.807, 2.05) is 6.07 Å². The van der Waals surface area contributed by atoms with E-state index in [9.17, 15) is 4.79 Å². The van der Waals surface area contributed by atoms with Crippen LogP contribution in [0.25, 0.3) is 0 Å². The molecule has 0 saturated carbocycles. The van der Waals surface area contributed by atoms with Crippen molar-refractivity contribution < 1.29 is 9.32 Å². The van der Waals surface area contributed by atoms with Gasteiger partial charge in [-0.1, -0.05) is 19.0 Å². The molecule has 0 saturated heterocycles. The first-order valence-electron chi connectivity index (χ1n) is 7.58. The van der Waals surface area contributed by atoms with Gasteiger partial charge in [-0.15, -0.1) is 0 Å². The molecule has 0 atom stereocenters. The summed E-state index contributed by atoms with van der Waals surface area (Å²) in [6, 6.07) is 3.54. The number of amides is 1. The van der Waals surface area contributed by atoms with Gasteiger partial charge in [0.1, 0.15) is 5.76 Å². The number of nitrogens with one attached hydrogen (secondary N) is 1. The molecule has 1 N–H and O–H groups in total. The molecule has 0 fully saturated rings. The van der Waals surface area contributed by atoms with Gasteiger partial charge in [-0.2, -0.15) is 0 Å². The lowest BCUT2D eigenvalue weighted by Gasteiger charge is -2.23. The Balaban J connectivity index is 2.14. The van der Waals surface area contributed by atoms with E-state index in [2.05, 4.69) is 34.2 Å². The van der Waals surface area contributed by atoms with Crippen LogP contribution in [-0.2, 0) is 0 Å². The molecule has 0 aliphatic carbocycles. The summed E-state index contributed by atoms with van der Waals surface area (Å²) in [5.74, 6) is 0.821. The first-order chi connectivity index (χ1) is 10.6. The van der Waals surface area contributed by atoms with E-state index in [0.29, 0.717) is 17.1 Å². The van der Waals surface area contributed by atoms with Gasteiger partial charge in [0.05, 0.1) is 17.4 Å². The lowest BCUT2D eigenvalue weighted by molar-refractivity contribution is 0.102. The fourth-order valence-electron chi connectivity index (χ4n) is 2.25. The number of aryl methyl sites for hydroxylation is 1. The number of hydrogen-bond acceptors (Lipinski definition) is 5. The number of pyridine rings is 1. The number of aromatic nitrogens is 2. The second kappa shape index (κ2) is 7.59. The minimum absolute atomic E-state index is 0.240. The van der Waals surface area contributed by atoms with Gasteiger partial charge in [0.2, 0.25) is 0 Å². The molecule has 2 heterocycles. The number of nitrogens with zero attached hydrogens (tertiary/aromatic N) is 3. The summed E-state index contributed by atoms with van der Waals surface area (Å²) in [5, 5.41) is 6.47. The van der Waals surface area contributed by atoms with Crippen LogP contribution in [0.5, 0.6) is 0 Å². The summed E-state index contributed by atoms with van der Waals surface area (Å²) in [5.41, 5.74) is 1.48. The number of carbonyl (C=O) groups excluding carboxylic acids is 1. The van der Waals surface area contributed by atoms with Crippen LogP contribution in [0.1, 0.15) is 42.8 Å². The minimum Gasteiger partial charge on any atom is -0.370 e. The predicted molar refractivity (Wildman–Crippen MR) is 86.2 cm³/mol. The molecule has 0 aliphatic rings. The molecule has 6 heteroatoms. The molecule has 0 aliphatic heterocycles. The zero-order valence-electron chi connectivity index (χ0n) is 13.3. The van der Waals surface area contributed by atoms with Crippen LogP contribution in [0.2, 0.25) is 0 Å². The highest BCUT2D eigenvalue weighted by atomic mass is 16.5. The van der Waals surface area contributed by atoms with Crippen LogP contribution in [0.4, 0.5) is 11.5 Å². The van der Waals surface area contributed by atoms with Gasteiger partial charge in [0.25, 0.3) is 5.91 Å². The fraction of sp³-hybridized carbons (Fsp3) is 0.438. The zero-order valence-corrected chi connectivity index (χ0v) is 13.3. The van der Waals surface area contributed by atoms with Crippen LogP contribution in [0, 0.1) is 6.92 Å². The number of anilines is 2. The minimum atomic E-state index is -0.240. The van der Waals surface area contributed by atoms with Gasteiger partial charge < -0.3 is 14.7 Å². The highest BCUT2D eigenvalue weighted by Gasteiger charge is 2.12. The van der Waals surface area contributed by atoms with E-state index in [1.54, 1.807) is 25.4 Å². The van der Waals surface area contributed by atoms with Crippen LogP contribution in [0.3, 0.4) is 0 Å². The van der Waals surface area contributed by atoms with Crippen LogP contribution in [0.15, 0.2) is 29.0 Å². The second-order valence-corrected chi connectivity index (χ2v) is 5.20. The summed E-state index contributed by atoms with van der Waals surface area (Å²) < 4.78 is 4.94. The normalized spacial score (nSPS) is 10.5. The molecule has 0 unspecified atom stereocenters. The van der Waals surface area contributed by atoms with Crippen molar-refractivity contribution in [2.24, 2.45) is 0 Å². The summed E-state index contributed by atoms with van der Waals surface area (Å²) >= 11 is 0. The fourth-order valence-corrected chi connectivity index (χ4v) is 2.25. The Morgan fingerprint density at radius 3 is 2.55 bits per heavy atom. The van der Waals surface area contributed by atoms with Crippen molar-refractivity contribution in [3.63, 3.8) is 0 Å². The average molecular weight is 302 g/mol. The maximum Gasteiger partial charge on any atom is 0.258 e. The van der Waals surface area contributed by atoms with Gasteiger partial charge in [0.15, 0.2) is 5.82 Å². The summed E-state index contributed by atoms with van der Waals surface area (Å²) in [6.07, 6.45) is 5.45. The quantitative estimate of drug-likeness (QED) is 0.850. The monoisotopic (exact) mass is 302 g/mol. The van der Waals surface area contributed by atoms with Gasteiger partial charge in [-0.05, 0) is 25.8 Å². The first kappa shape index (κ1) is 16.0. The Bertz CT molecular complexity index is 618. The Kier molecular flexibility index (Phi) is 5.52. The average Bonchev–Trinajstić information content (AvgIpc) is 2.92. The predicted octanol–water partition coefficient (Wildman–Crippen LogP) is 3.26. The van der Waals surface area contributed by atoms with Crippen molar-refractivity contribution in [2.45, 2.75) is 33.6 Å². The van der Waals surface area contributed by atoms with Gasteiger partial charge in [-0.3, -0.25) is 9.78 Å². The molecule has 6 nitrogen and oxygen atoms in total. The zero-order chi connectivity index (χ0) is 15.9. The van der Waals surface area contributed by atoms with E-state index in [-0.39, 0.29) is 5.91 Å². The third-order valence-electron chi connectivity index (χ3n) is 3.21. The highest BCUT2D eigenvalue weighted by Crippen LogP contribution is 2.17. The van der Waals surface area contributed by atoms with Crippen molar-refractivity contribution in [1.29, 1.82) is 0 Å². The Hall–Kier alpha value is -2.37. The highest BCUT2D eigenvalue weighted by molar-refractivity contribution is 6.04. The van der Waals surface area contributed by atoms with Crippen molar-refractivity contribution in [2.75, 3.05) is 23.3 Å². The smallest absolute Gasteiger partial charge is 0.258 e. The molecule has 2 rings (SSSR count). The van der Waals surface area contributed by atoms with Gasteiger partial charge in [-0.25, -0.2) is 0 Å². The van der Waals surface area contributed by atoms with Gasteiger partial charge >= 0.3 is 0 Å². The number of carbonyl (C=O) groups is 1. The van der Waals surface area contributed by atoms with Crippen molar-refractivity contribution in [3.8, 4) is 0 Å². The molecule has 118 valence electrons. The SMILES string of the molecule is CCCN(CCC)c1cncc(C(=O)Nc2cc(C)on2)c1. The molecular weight excluding hydrogens is 280 g/mol. The Morgan fingerprint density at radius 1 is 1.23 bits per heavy atom. The summed E-state index contributed by atoms with van der Waals surface area (Å²) in [6.45, 7) is 7.95. The molecule has 0 radical (unpaired) electrons. The molecule has 0 spiro atoms. The molecule has 0 aromatic carbocycles. The standard InChI is InChI=1S/C16H22N4O2/c1-4-6-20(7-5-2)14-9-13(10-17-11-14)16(21)18-15-8-12(3)22-19-15/h8-11H,4-7H2,1-3H3,(H,18,19,21). The van der Waals surface area contributed by atoms with E-state index in [0.717, 1.165) is 31.6 Å². The molecule has 22 heavy (non-hydrogen) atoms. The maximum atomic E-state index is 12.3. The van der Waals surface area contributed by atoms with Crippen molar-refractivity contribution in [1.82, 2.24) is 10.1 Å². The van der Waals surface area contributed by atoms with Crippen molar-refractivity contribution >= 4 is 17.4 Å². The molecule has 0 bridgehead atoms. The van der Waals surface area contributed by atoms with Crippen LogP contribution >= 0.6 is 0 Å². The topological polar surface area (TPSA) is 71.3 Å². The van der Waals surface area contributed by atoms with E-state index < -0.39 is 0 Å². The summed E-state index contributed by atoms with van der Waals surface area (Å²) in [7, 11) is 0.